The highest BCUT2D eigenvalue weighted by molar-refractivity contribution is 5.91. The van der Waals surface area contributed by atoms with Gasteiger partial charge in [0.05, 0.1) is 25.2 Å². The fourth-order valence-corrected chi connectivity index (χ4v) is 3.84. The average molecular weight is 415 g/mol. The number of hydrogen-bond acceptors (Lipinski definition) is 5. The molecule has 30 heavy (non-hydrogen) atoms. The van der Waals surface area contributed by atoms with Crippen LogP contribution in [0.1, 0.15) is 35.6 Å². The monoisotopic (exact) mass is 414 g/mol. The van der Waals surface area contributed by atoms with Gasteiger partial charge < -0.3 is 28.7 Å². The molecular formula is C22H30N4O4. The standard InChI is InChI=1S/C22H30N4O4/c27-21(20-7-4-16-30-20)25-10-12-26(13-11-25)22(23-9-8-18-6-3-15-28-18)24-17-19-5-1-2-14-29-19/h3-4,6-7,15-16,19H,1-2,5,8-14,17H2,(H,23,24). The van der Waals surface area contributed by atoms with Crippen LogP contribution < -0.4 is 5.32 Å². The van der Waals surface area contributed by atoms with Crippen molar-refractivity contribution in [2.45, 2.75) is 31.8 Å². The Kier molecular flexibility index (Phi) is 7.07. The van der Waals surface area contributed by atoms with Crippen LogP contribution in [0.15, 0.2) is 50.6 Å². The van der Waals surface area contributed by atoms with Gasteiger partial charge in [-0.1, -0.05) is 0 Å². The van der Waals surface area contributed by atoms with Gasteiger partial charge in [0.25, 0.3) is 5.91 Å². The molecule has 0 aliphatic carbocycles. The molecule has 2 aromatic heterocycles. The minimum Gasteiger partial charge on any atom is -0.469 e. The van der Waals surface area contributed by atoms with E-state index in [-0.39, 0.29) is 12.0 Å². The zero-order valence-electron chi connectivity index (χ0n) is 17.3. The van der Waals surface area contributed by atoms with Crippen LogP contribution in [-0.4, -0.2) is 73.6 Å². The first kappa shape index (κ1) is 20.5. The van der Waals surface area contributed by atoms with Gasteiger partial charge in [-0.3, -0.25) is 9.79 Å². The first-order valence-electron chi connectivity index (χ1n) is 10.8. The summed E-state index contributed by atoms with van der Waals surface area (Å²) in [6.45, 7) is 4.96. The number of guanidine groups is 1. The lowest BCUT2D eigenvalue weighted by Gasteiger charge is -2.36. The molecule has 8 heteroatoms. The number of ether oxygens (including phenoxy) is 1. The molecule has 1 amide bonds. The summed E-state index contributed by atoms with van der Waals surface area (Å²) < 4.78 is 16.5. The van der Waals surface area contributed by atoms with Crippen LogP contribution in [0.5, 0.6) is 0 Å². The van der Waals surface area contributed by atoms with Crippen LogP contribution in [0.25, 0.3) is 0 Å². The van der Waals surface area contributed by atoms with E-state index in [0.717, 1.165) is 57.2 Å². The van der Waals surface area contributed by atoms with Gasteiger partial charge in [0.1, 0.15) is 5.76 Å². The van der Waals surface area contributed by atoms with Crippen LogP contribution in [0.2, 0.25) is 0 Å². The number of rotatable bonds is 6. The number of amides is 1. The Morgan fingerprint density at radius 2 is 1.87 bits per heavy atom. The van der Waals surface area contributed by atoms with E-state index in [9.17, 15) is 4.79 Å². The third-order valence-corrected chi connectivity index (χ3v) is 5.55. The van der Waals surface area contributed by atoms with Crippen molar-refractivity contribution in [3.8, 4) is 0 Å². The summed E-state index contributed by atoms with van der Waals surface area (Å²) in [5, 5.41) is 3.48. The van der Waals surface area contributed by atoms with Gasteiger partial charge in [0.2, 0.25) is 0 Å². The molecule has 0 aromatic carbocycles. The van der Waals surface area contributed by atoms with E-state index in [0.29, 0.717) is 25.4 Å². The van der Waals surface area contributed by atoms with Crippen LogP contribution >= 0.6 is 0 Å². The molecule has 0 radical (unpaired) electrons. The third kappa shape index (κ3) is 5.44. The van der Waals surface area contributed by atoms with E-state index in [4.69, 9.17) is 18.6 Å². The largest absolute Gasteiger partial charge is 0.469 e. The lowest BCUT2D eigenvalue weighted by molar-refractivity contribution is 0.0222. The molecule has 0 bridgehead atoms. The van der Waals surface area contributed by atoms with Gasteiger partial charge in [-0.25, -0.2) is 0 Å². The lowest BCUT2D eigenvalue weighted by Crippen LogP contribution is -2.54. The number of aliphatic imine (C=N–C) groups is 1. The molecule has 2 aromatic rings. The molecule has 0 spiro atoms. The van der Waals surface area contributed by atoms with Crippen molar-refractivity contribution in [2.75, 3.05) is 45.9 Å². The molecule has 0 saturated carbocycles. The highest BCUT2D eigenvalue weighted by Gasteiger charge is 2.25. The second kappa shape index (κ2) is 10.3. The van der Waals surface area contributed by atoms with Gasteiger partial charge in [0, 0.05) is 45.8 Å². The Labute approximate surface area is 176 Å². The van der Waals surface area contributed by atoms with E-state index >= 15 is 0 Å². The number of piperazine rings is 1. The lowest BCUT2D eigenvalue weighted by atomic mass is 10.1. The highest BCUT2D eigenvalue weighted by Crippen LogP contribution is 2.14. The number of carbonyl (C=O) groups excluding carboxylic acids is 1. The summed E-state index contributed by atoms with van der Waals surface area (Å²) >= 11 is 0. The zero-order valence-corrected chi connectivity index (χ0v) is 17.3. The third-order valence-electron chi connectivity index (χ3n) is 5.55. The van der Waals surface area contributed by atoms with E-state index in [1.54, 1.807) is 18.4 Å². The summed E-state index contributed by atoms with van der Waals surface area (Å²) in [6, 6.07) is 7.33. The van der Waals surface area contributed by atoms with E-state index < -0.39 is 0 Å². The van der Waals surface area contributed by atoms with Gasteiger partial charge >= 0.3 is 0 Å². The molecule has 162 valence electrons. The quantitative estimate of drug-likeness (QED) is 0.577. The molecule has 2 saturated heterocycles. The average Bonchev–Trinajstić information content (AvgIpc) is 3.51. The number of furan rings is 2. The second-order valence-electron chi connectivity index (χ2n) is 7.67. The molecule has 1 unspecified atom stereocenters. The maximum atomic E-state index is 12.5. The molecule has 2 aliphatic rings. The fraction of sp³-hybridized carbons (Fsp3) is 0.545. The van der Waals surface area contributed by atoms with Crippen LogP contribution in [-0.2, 0) is 11.2 Å². The molecule has 4 rings (SSSR count). The Bertz CT molecular complexity index is 789. The molecule has 4 heterocycles. The van der Waals surface area contributed by atoms with Crippen LogP contribution in [0.3, 0.4) is 0 Å². The summed E-state index contributed by atoms with van der Waals surface area (Å²) in [5.74, 6) is 2.16. The second-order valence-corrected chi connectivity index (χ2v) is 7.67. The van der Waals surface area contributed by atoms with Crippen molar-refractivity contribution < 1.29 is 18.4 Å². The van der Waals surface area contributed by atoms with Crippen LogP contribution in [0, 0.1) is 0 Å². The normalized spacial score (nSPS) is 20.4. The van der Waals surface area contributed by atoms with Crippen LogP contribution in [0.4, 0.5) is 0 Å². The fourth-order valence-electron chi connectivity index (χ4n) is 3.84. The number of nitrogens with zero attached hydrogens (tertiary/aromatic N) is 3. The van der Waals surface area contributed by atoms with Crippen molar-refractivity contribution in [1.82, 2.24) is 15.1 Å². The van der Waals surface area contributed by atoms with Crippen molar-refractivity contribution >= 4 is 11.9 Å². The van der Waals surface area contributed by atoms with Gasteiger partial charge in [-0.15, -0.1) is 0 Å². The van der Waals surface area contributed by atoms with E-state index in [1.807, 2.05) is 17.0 Å². The number of hydrogen-bond donors (Lipinski definition) is 1. The Morgan fingerprint density at radius 1 is 1.07 bits per heavy atom. The molecule has 1 atom stereocenters. The Hall–Kier alpha value is -2.74. The minimum atomic E-state index is -0.0560. The first-order valence-corrected chi connectivity index (χ1v) is 10.8. The van der Waals surface area contributed by atoms with E-state index in [2.05, 4.69) is 10.2 Å². The van der Waals surface area contributed by atoms with Crippen molar-refractivity contribution in [3.63, 3.8) is 0 Å². The summed E-state index contributed by atoms with van der Waals surface area (Å²) in [7, 11) is 0. The van der Waals surface area contributed by atoms with Gasteiger partial charge in [-0.05, 0) is 43.5 Å². The van der Waals surface area contributed by atoms with Gasteiger partial charge in [0.15, 0.2) is 11.7 Å². The SMILES string of the molecule is O=C(c1ccco1)N1CCN(C(=NCC2CCCCO2)NCCc2ccco2)CC1. The number of carbonyl (C=O) groups is 1. The van der Waals surface area contributed by atoms with Gasteiger partial charge in [-0.2, -0.15) is 0 Å². The highest BCUT2D eigenvalue weighted by atomic mass is 16.5. The molecular weight excluding hydrogens is 384 g/mol. The molecule has 2 aliphatic heterocycles. The predicted molar refractivity (Wildman–Crippen MR) is 112 cm³/mol. The van der Waals surface area contributed by atoms with Crippen molar-refractivity contribution in [2.24, 2.45) is 4.99 Å². The zero-order chi connectivity index (χ0) is 20.6. The minimum absolute atomic E-state index is 0.0560. The summed E-state index contributed by atoms with van der Waals surface area (Å²) in [5.41, 5.74) is 0. The first-order chi connectivity index (χ1) is 14.8. The maximum absolute atomic E-state index is 12.5. The summed E-state index contributed by atoms with van der Waals surface area (Å²) in [4.78, 5) is 21.4. The molecule has 2 fully saturated rings. The topological polar surface area (TPSA) is 83.5 Å². The Morgan fingerprint density at radius 3 is 2.57 bits per heavy atom. The smallest absolute Gasteiger partial charge is 0.289 e. The predicted octanol–water partition coefficient (Wildman–Crippen LogP) is 2.39. The van der Waals surface area contributed by atoms with Crippen molar-refractivity contribution in [1.29, 1.82) is 0 Å². The maximum Gasteiger partial charge on any atom is 0.289 e. The molecule has 8 nitrogen and oxygen atoms in total. The van der Waals surface area contributed by atoms with Crippen molar-refractivity contribution in [3.05, 3.63) is 48.3 Å². The summed E-state index contributed by atoms with van der Waals surface area (Å²) in [6.07, 6.45) is 7.62. The number of nitrogens with one attached hydrogen (secondary N) is 1. The Balaban J connectivity index is 1.34. The molecule has 1 N–H and O–H groups in total. The van der Waals surface area contributed by atoms with E-state index in [1.165, 1.54) is 12.7 Å².